The van der Waals surface area contributed by atoms with Crippen molar-refractivity contribution in [2.45, 2.75) is 53.5 Å². The van der Waals surface area contributed by atoms with E-state index in [0.717, 1.165) is 19.0 Å². The Morgan fingerprint density at radius 2 is 1.88 bits per heavy atom. The minimum atomic E-state index is 0.842. The summed E-state index contributed by atoms with van der Waals surface area (Å²) in [7, 11) is 0. The first-order valence-corrected chi connectivity index (χ1v) is 6.86. The Hall–Kier alpha value is -0.820. The number of rotatable bonds is 7. The third-order valence-corrected chi connectivity index (χ3v) is 3.21. The summed E-state index contributed by atoms with van der Waals surface area (Å²) in [6.45, 7) is 11.1. The fourth-order valence-corrected chi connectivity index (χ4v) is 2.02. The van der Waals surface area contributed by atoms with Gasteiger partial charge in [0.15, 0.2) is 0 Å². The molecule has 0 fully saturated rings. The maximum Gasteiger partial charge on any atom is 0.0208 e. The summed E-state index contributed by atoms with van der Waals surface area (Å²) in [4.78, 5) is 0. The van der Waals surface area contributed by atoms with Gasteiger partial charge in [0.1, 0.15) is 0 Å². The van der Waals surface area contributed by atoms with Crippen LogP contribution in [0.15, 0.2) is 18.2 Å². The summed E-state index contributed by atoms with van der Waals surface area (Å²) in [6.07, 6.45) is 3.99. The van der Waals surface area contributed by atoms with Gasteiger partial charge in [-0.25, -0.2) is 0 Å². The van der Waals surface area contributed by atoms with Gasteiger partial charge >= 0.3 is 0 Å². The van der Waals surface area contributed by atoms with E-state index in [0.29, 0.717) is 0 Å². The predicted octanol–water partition coefficient (Wildman–Crippen LogP) is 4.22. The Labute approximate surface area is 107 Å². The predicted molar refractivity (Wildman–Crippen MR) is 76.3 cm³/mol. The molecule has 0 radical (unpaired) electrons. The van der Waals surface area contributed by atoms with Crippen molar-refractivity contribution in [3.05, 3.63) is 34.9 Å². The van der Waals surface area contributed by atoms with E-state index in [9.17, 15) is 0 Å². The number of unbranched alkanes of at least 4 members (excludes halogenated alkanes) is 1. The Kier molecular flexibility index (Phi) is 6.28. The minimum Gasteiger partial charge on any atom is -0.313 e. The molecule has 0 atom stereocenters. The van der Waals surface area contributed by atoms with Crippen molar-refractivity contribution in [2.75, 3.05) is 6.54 Å². The molecule has 0 aliphatic heterocycles. The molecule has 0 aromatic heterocycles. The Bertz CT molecular complexity index is 328. The van der Waals surface area contributed by atoms with Crippen LogP contribution >= 0.6 is 0 Å². The minimum absolute atomic E-state index is 0.842. The summed E-state index contributed by atoms with van der Waals surface area (Å²) in [5.41, 5.74) is 4.19. The van der Waals surface area contributed by atoms with E-state index in [4.69, 9.17) is 0 Å². The molecule has 96 valence electrons. The van der Waals surface area contributed by atoms with Crippen LogP contribution in [0, 0.1) is 19.8 Å². The molecule has 0 amide bonds. The van der Waals surface area contributed by atoms with Crippen LogP contribution in [0.1, 0.15) is 49.8 Å². The van der Waals surface area contributed by atoms with Gasteiger partial charge in [-0.3, -0.25) is 0 Å². The first-order chi connectivity index (χ1) is 8.09. The summed E-state index contributed by atoms with van der Waals surface area (Å²) in [5, 5.41) is 3.54. The number of hydrogen-bond donors (Lipinski definition) is 1. The van der Waals surface area contributed by atoms with Crippen LogP contribution in [0.25, 0.3) is 0 Å². The highest BCUT2D eigenvalue weighted by Crippen LogP contribution is 2.10. The van der Waals surface area contributed by atoms with E-state index in [1.54, 1.807) is 0 Å². The SMILES string of the molecule is Cc1ccc(C)c(CNCCCCC(C)C)c1. The second-order valence-electron chi connectivity index (χ2n) is 5.50. The van der Waals surface area contributed by atoms with Crippen LogP contribution in [0.5, 0.6) is 0 Å². The zero-order valence-electron chi connectivity index (χ0n) is 11.8. The van der Waals surface area contributed by atoms with Crippen LogP contribution in [0.4, 0.5) is 0 Å². The molecule has 0 aliphatic rings. The van der Waals surface area contributed by atoms with Gasteiger partial charge in [0, 0.05) is 6.54 Å². The van der Waals surface area contributed by atoms with Crippen molar-refractivity contribution < 1.29 is 0 Å². The Balaban J connectivity index is 2.20. The van der Waals surface area contributed by atoms with Gasteiger partial charge in [-0.15, -0.1) is 0 Å². The molecular weight excluding hydrogens is 206 g/mol. The van der Waals surface area contributed by atoms with Gasteiger partial charge in [0.05, 0.1) is 0 Å². The lowest BCUT2D eigenvalue weighted by Crippen LogP contribution is -2.15. The van der Waals surface area contributed by atoms with Crippen LogP contribution in [0.3, 0.4) is 0 Å². The molecule has 0 aliphatic carbocycles. The van der Waals surface area contributed by atoms with Crippen molar-refractivity contribution in [1.82, 2.24) is 5.32 Å². The standard InChI is InChI=1S/C16H27N/c1-13(2)7-5-6-10-17-12-16-11-14(3)8-9-15(16)4/h8-9,11,13,17H,5-7,10,12H2,1-4H3. The van der Waals surface area contributed by atoms with Gasteiger partial charge in [-0.2, -0.15) is 0 Å². The van der Waals surface area contributed by atoms with Crippen molar-refractivity contribution in [2.24, 2.45) is 5.92 Å². The zero-order valence-corrected chi connectivity index (χ0v) is 11.8. The maximum atomic E-state index is 3.54. The Morgan fingerprint density at radius 3 is 2.59 bits per heavy atom. The number of hydrogen-bond acceptors (Lipinski definition) is 1. The quantitative estimate of drug-likeness (QED) is 0.695. The molecule has 1 rings (SSSR count). The Morgan fingerprint density at radius 1 is 1.12 bits per heavy atom. The van der Waals surface area contributed by atoms with E-state index < -0.39 is 0 Å². The highest BCUT2D eigenvalue weighted by molar-refractivity contribution is 5.30. The lowest BCUT2D eigenvalue weighted by atomic mass is 10.1. The smallest absolute Gasteiger partial charge is 0.0208 e. The molecule has 0 spiro atoms. The molecule has 0 unspecified atom stereocenters. The van der Waals surface area contributed by atoms with Gasteiger partial charge in [-0.05, 0) is 43.9 Å². The molecule has 0 heterocycles. The average molecular weight is 233 g/mol. The van der Waals surface area contributed by atoms with Crippen molar-refractivity contribution in [1.29, 1.82) is 0 Å². The third kappa shape index (κ3) is 5.88. The van der Waals surface area contributed by atoms with Crippen LogP contribution in [0.2, 0.25) is 0 Å². The molecule has 1 N–H and O–H groups in total. The van der Waals surface area contributed by atoms with Crippen molar-refractivity contribution in [3.8, 4) is 0 Å². The molecule has 0 bridgehead atoms. The second-order valence-corrected chi connectivity index (χ2v) is 5.50. The highest BCUT2D eigenvalue weighted by atomic mass is 14.8. The lowest BCUT2D eigenvalue weighted by Gasteiger charge is -2.09. The molecule has 1 aromatic carbocycles. The highest BCUT2D eigenvalue weighted by Gasteiger charge is 1.98. The number of nitrogens with one attached hydrogen (secondary N) is 1. The van der Waals surface area contributed by atoms with E-state index >= 15 is 0 Å². The number of aryl methyl sites for hydroxylation is 2. The summed E-state index contributed by atoms with van der Waals surface area (Å²) in [6, 6.07) is 6.68. The van der Waals surface area contributed by atoms with Crippen LogP contribution in [-0.4, -0.2) is 6.54 Å². The van der Waals surface area contributed by atoms with E-state index in [1.807, 2.05) is 0 Å². The molecule has 0 saturated heterocycles. The van der Waals surface area contributed by atoms with Crippen molar-refractivity contribution >= 4 is 0 Å². The van der Waals surface area contributed by atoms with E-state index in [-0.39, 0.29) is 0 Å². The van der Waals surface area contributed by atoms with Gasteiger partial charge in [0.25, 0.3) is 0 Å². The van der Waals surface area contributed by atoms with E-state index in [1.165, 1.54) is 36.0 Å². The fourth-order valence-electron chi connectivity index (χ4n) is 2.02. The van der Waals surface area contributed by atoms with Crippen molar-refractivity contribution in [3.63, 3.8) is 0 Å². The van der Waals surface area contributed by atoms with Gasteiger partial charge in [0.2, 0.25) is 0 Å². The maximum absolute atomic E-state index is 3.54. The molecule has 1 nitrogen and oxygen atoms in total. The fraction of sp³-hybridized carbons (Fsp3) is 0.625. The number of benzene rings is 1. The second kappa shape index (κ2) is 7.50. The van der Waals surface area contributed by atoms with Gasteiger partial charge < -0.3 is 5.32 Å². The average Bonchev–Trinajstić information content (AvgIpc) is 2.27. The summed E-state index contributed by atoms with van der Waals surface area (Å²) >= 11 is 0. The topological polar surface area (TPSA) is 12.0 Å². The van der Waals surface area contributed by atoms with Crippen LogP contribution < -0.4 is 5.32 Å². The van der Waals surface area contributed by atoms with E-state index in [2.05, 4.69) is 51.2 Å². The van der Waals surface area contributed by atoms with Gasteiger partial charge in [-0.1, -0.05) is 50.5 Å². The monoisotopic (exact) mass is 233 g/mol. The molecule has 17 heavy (non-hydrogen) atoms. The van der Waals surface area contributed by atoms with Crippen LogP contribution in [-0.2, 0) is 6.54 Å². The first-order valence-electron chi connectivity index (χ1n) is 6.86. The normalized spacial score (nSPS) is 11.1. The molecule has 1 heteroatoms. The molecular formula is C16H27N. The first kappa shape index (κ1) is 14.2. The summed E-state index contributed by atoms with van der Waals surface area (Å²) in [5.74, 6) is 0.842. The zero-order chi connectivity index (χ0) is 12.7. The lowest BCUT2D eigenvalue weighted by molar-refractivity contribution is 0.520. The largest absolute Gasteiger partial charge is 0.313 e. The molecule has 1 aromatic rings. The summed E-state index contributed by atoms with van der Waals surface area (Å²) < 4.78 is 0. The molecule has 0 saturated carbocycles. The third-order valence-electron chi connectivity index (χ3n) is 3.21.